The zero-order valence-corrected chi connectivity index (χ0v) is 6.78. The van der Waals surface area contributed by atoms with Crippen LogP contribution in [0.1, 0.15) is 0 Å². The second-order valence-electron chi connectivity index (χ2n) is 1.16. The standard InChI is InChI=1S/CH6BF2P3/c1-6(2)7(4)5-3/h5H,2H2,1H3/i5T. The SMILES string of the molecule is [3H]P(F)P(F)P(B)C. The highest BCUT2D eigenvalue weighted by atomic mass is 32.5. The Morgan fingerprint density at radius 3 is 2.43 bits per heavy atom. The van der Waals surface area contributed by atoms with Gasteiger partial charge in [-0.3, -0.25) is 0 Å². The predicted octanol–water partition coefficient (Wildman–Crippen LogP) is 2.41. The van der Waals surface area contributed by atoms with Crippen LogP contribution in [0.4, 0.5) is 8.39 Å². The summed E-state index contributed by atoms with van der Waals surface area (Å²) in [5, 5.41) is 0. The molecule has 0 spiro atoms. The fraction of sp³-hybridized carbons (Fsp3) is 1.00. The summed E-state index contributed by atoms with van der Waals surface area (Å²) in [6.45, 7) is 1.66. The van der Waals surface area contributed by atoms with E-state index in [0.717, 1.165) is 0 Å². The molecule has 0 aliphatic carbocycles. The fourth-order valence-corrected chi connectivity index (χ4v) is 1.83. The van der Waals surface area contributed by atoms with Gasteiger partial charge < -0.3 is 0 Å². The lowest BCUT2D eigenvalue weighted by Crippen LogP contribution is -1.52. The minimum absolute atomic E-state index is 0.837. The van der Waals surface area contributed by atoms with Gasteiger partial charge in [0, 0.05) is 0 Å². The van der Waals surface area contributed by atoms with Gasteiger partial charge >= 0.3 is 0 Å². The van der Waals surface area contributed by atoms with Gasteiger partial charge in [0.2, 0.25) is 0 Å². The molecule has 6 heteroatoms. The first kappa shape index (κ1) is 6.34. The van der Waals surface area contributed by atoms with E-state index in [1.165, 1.54) is 0 Å². The largest absolute Gasteiger partial charge is 0.223 e. The summed E-state index contributed by atoms with van der Waals surface area (Å²) in [7, 11) is -3.77. The lowest BCUT2D eigenvalue weighted by atomic mass is 10.8. The molecule has 7 heavy (non-hydrogen) atoms. The highest BCUT2D eigenvalue weighted by Gasteiger charge is 2.09. The van der Waals surface area contributed by atoms with Crippen molar-refractivity contribution >= 4 is 31.2 Å². The minimum Gasteiger partial charge on any atom is -0.223 e. The van der Waals surface area contributed by atoms with Crippen LogP contribution in [0, 0.1) is 0 Å². The summed E-state index contributed by atoms with van der Waals surface area (Å²) in [5.41, 5.74) is 0. The summed E-state index contributed by atoms with van der Waals surface area (Å²) < 4.78 is 30.3. The van der Waals surface area contributed by atoms with Crippen LogP contribution in [0.15, 0.2) is 0 Å². The van der Waals surface area contributed by atoms with Crippen molar-refractivity contribution < 1.29 is 8.39 Å². The lowest BCUT2D eigenvalue weighted by Gasteiger charge is -2.03. The molecule has 0 rings (SSSR count). The Balaban J connectivity index is 3.46. The van der Waals surface area contributed by atoms with Crippen LogP contribution in [0.3, 0.4) is 0 Å². The van der Waals surface area contributed by atoms with Gasteiger partial charge in [0.15, 0.2) is 0 Å². The first-order valence-corrected chi connectivity index (χ1v) is 7.30. The van der Waals surface area contributed by atoms with Crippen LogP contribution in [0.25, 0.3) is 0 Å². The van der Waals surface area contributed by atoms with Gasteiger partial charge in [0.25, 0.3) is 0 Å². The first-order valence-electron chi connectivity index (χ1n) is 2.08. The van der Waals surface area contributed by atoms with E-state index in [9.17, 15) is 8.39 Å². The van der Waals surface area contributed by atoms with Gasteiger partial charge in [-0.25, -0.2) is 8.39 Å². The third-order valence-electron chi connectivity index (χ3n) is 0.392. The Bertz CT molecular complexity index is 62.3. The first-order chi connectivity index (χ1) is 3.55. The Labute approximate surface area is 48.4 Å². The molecule has 0 aromatic rings. The van der Waals surface area contributed by atoms with Crippen LogP contribution in [-0.2, 0) is 0 Å². The molecule has 3 unspecified atom stereocenters. The maximum Gasteiger partial charge on any atom is 0.149 e. The smallest absolute Gasteiger partial charge is 0.149 e. The molecule has 0 amide bonds. The summed E-state index contributed by atoms with van der Waals surface area (Å²) in [6, 6.07) is 0. The van der Waals surface area contributed by atoms with Crippen molar-refractivity contribution in [3.63, 3.8) is 0 Å². The quantitative estimate of drug-likeness (QED) is 0.431. The molecule has 0 heterocycles. The van der Waals surface area contributed by atoms with E-state index >= 15 is 0 Å². The van der Waals surface area contributed by atoms with E-state index in [0.29, 0.717) is 0 Å². The van der Waals surface area contributed by atoms with Gasteiger partial charge in [-0.15, -0.1) is 0 Å². The van der Waals surface area contributed by atoms with Crippen molar-refractivity contribution in [1.82, 2.24) is 0 Å². The van der Waals surface area contributed by atoms with E-state index in [1.54, 1.807) is 14.2 Å². The van der Waals surface area contributed by atoms with Gasteiger partial charge in [-0.05, 0) is 6.66 Å². The average molecular weight is 162 g/mol. The monoisotopic (exact) mass is 162 g/mol. The Hall–Kier alpha value is 1.21. The van der Waals surface area contributed by atoms with E-state index in [-0.39, 0.29) is 0 Å². The van der Waals surface area contributed by atoms with Crippen molar-refractivity contribution in [3.8, 4) is 0 Å². The zero-order valence-electron chi connectivity index (χ0n) is 5.10. The molecule has 0 nitrogen and oxygen atoms in total. The summed E-state index contributed by atoms with van der Waals surface area (Å²) in [6.07, 6.45) is 0. The Kier molecular flexibility index (Phi) is 3.74. The molecule has 0 bridgehead atoms. The highest BCUT2D eigenvalue weighted by Crippen LogP contribution is 2.77. The molecule has 0 saturated carbocycles. The molecule has 0 aliphatic heterocycles. The summed E-state index contributed by atoms with van der Waals surface area (Å²) in [4.78, 5) is 0. The van der Waals surface area contributed by atoms with Crippen molar-refractivity contribution in [2.75, 3.05) is 6.66 Å². The topological polar surface area (TPSA) is 0 Å². The zero-order chi connectivity index (χ0) is 6.73. The van der Waals surface area contributed by atoms with Gasteiger partial charge in [-0.1, -0.05) is 7.49 Å². The number of hydrogen-bond acceptors (Lipinski definition) is 0. The van der Waals surface area contributed by atoms with Gasteiger partial charge in [-0.2, -0.15) is 0 Å². The number of rotatable bonds is 2. The molecule has 0 saturated heterocycles. The molecule has 0 aromatic carbocycles. The van der Waals surface area contributed by atoms with Crippen molar-refractivity contribution in [2.24, 2.45) is 0 Å². The molecular weight excluding hydrogens is 154 g/mol. The maximum absolute atomic E-state index is 12.2. The molecule has 3 atom stereocenters. The van der Waals surface area contributed by atoms with E-state index in [2.05, 4.69) is 0 Å². The molecule has 0 N–H and O–H groups in total. The minimum atomic E-state index is -2.52. The van der Waals surface area contributed by atoms with Crippen LogP contribution >= 0.6 is 23.6 Å². The fourth-order valence-electron chi connectivity index (χ4n) is 0.0676. The van der Waals surface area contributed by atoms with Crippen LogP contribution in [0.2, 0.25) is 0 Å². The number of halogens is 2. The van der Waals surface area contributed by atoms with Crippen molar-refractivity contribution in [2.45, 2.75) is 0 Å². The molecular formula is CH6BF2P3. The summed E-state index contributed by atoms with van der Waals surface area (Å²) >= 11 is 0. The molecule has 42 valence electrons. The van der Waals surface area contributed by atoms with Gasteiger partial charge in [0.05, 0.1) is 0 Å². The Morgan fingerprint density at radius 1 is 2.00 bits per heavy atom. The molecule has 0 radical (unpaired) electrons. The third-order valence-corrected chi connectivity index (χ3v) is 7.36. The van der Waals surface area contributed by atoms with E-state index < -0.39 is 23.6 Å². The van der Waals surface area contributed by atoms with E-state index in [1.807, 2.05) is 0 Å². The van der Waals surface area contributed by atoms with Crippen LogP contribution < -0.4 is 0 Å². The molecule has 0 aliphatic rings. The third kappa shape index (κ3) is 3.77. The number of hydrogen-bond donors (Lipinski definition) is 0. The second kappa shape index (κ2) is 4.13. The van der Waals surface area contributed by atoms with Gasteiger partial charge in [0.1, 0.15) is 25.0 Å². The van der Waals surface area contributed by atoms with Crippen LogP contribution in [0.5, 0.6) is 0 Å². The maximum atomic E-state index is 12.2. The lowest BCUT2D eigenvalue weighted by molar-refractivity contribution is 0.904. The second-order valence-corrected chi connectivity index (χ2v) is 9.40. The highest BCUT2D eigenvalue weighted by molar-refractivity contribution is 8.59. The average Bonchev–Trinajstić information content (AvgIpc) is 1.64. The normalized spacial score (nSPS) is 25.3. The predicted molar refractivity (Wildman–Crippen MR) is 38.8 cm³/mol. The van der Waals surface area contributed by atoms with Crippen molar-refractivity contribution in [1.29, 1.82) is 1.28 Å². The molecule has 0 fully saturated rings. The molecule has 0 aromatic heterocycles. The summed E-state index contributed by atoms with van der Waals surface area (Å²) in [5.74, 6) is 0. The Morgan fingerprint density at radius 2 is 2.43 bits per heavy atom. The van der Waals surface area contributed by atoms with E-state index in [4.69, 9.17) is 1.28 Å². The van der Waals surface area contributed by atoms with Crippen LogP contribution in [-0.4, -0.2) is 15.5 Å². The van der Waals surface area contributed by atoms with Crippen molar-refractivity contribution in [3.05, 3.63) is 0 Å².